The molecule has 0 amide bonds. The zero-order valence-corrected chi connectivity index (χ0v) is 11.3. The monoisotopic (exact) mass is 270 g/mol. The summed E-state index contributed by atoms with van der Waals surface area (Å²) in [6.07, 6.45) is 0.946. The van der Waals surface area contributed by atoms with Crippen molar-refractivity contribution in [3.05, 3.63) is 30.3 Å². The molecule has 0 aliphatic carbocycles. The molecule has 5 heteroatoms. The van der Waals surface area contributed by atoms with Gasteiger partial charge in [0.2, 0.25) is 0 Å². The topological polar surface area (TPSA) is 0 Å². The summed E-state index contributed by atoms with van der Waals surface area (Å²) in [6, 6.07) is 10.1. The van der Waals surface area contributed by atoms with Gasteiger partial charge in [0, 0.05) is 0 Å². The molecule has 0 radical (unpaired) electrons. The summed E-state index contributed by atoms with van der Waals surface area (Å²) in [5.74, 6) is 0. The van der Waals surface area contributed by atoms with Gasteiger partial charge in [-0.05, 0) is 18.9 Å². The number of benzene rings is 1. The predicted octanol–water partition coefficient (Wildman–Crippen LogP) is 3.97. The highest BCUT2D eigenvalue weighted by Gasteiger charge is 2.36. The largest absolute Gasteiger partial charge is 0.370 e. The van der Waals surface area contributed by atoms with Crippen LogP contribution in [-0.2, 0) is 0 Å². The van der Waals surface area contributed by atoms with Crippen LogP contribution in [0, 0.1) is 0 Å². The van der Waals surface area contributed by atoms with Crippen LogP contribution in [0.1, 0.15) is 6.92 Å². The molecule has 0 saturated heterocycles. The van der Waals surface area contributed by atoms with Crippen LogP contribution >= 0.6 is 40.7 Å². The molecule has 1 unspecified atom stereocenters. The van der Waals surface area contributed by atoms with E-state index in [0.29, 0.717) is 0 Å². The summed E-state index contributed by atoms with van der Waals surface area (Å²) < 4.78 is 0. The maximum Gasteiger partial charge on any atom is 0.370 e. The Hall–Kier alpha value is 0.737. The van der Waals surface area contributed by atoms with Crippen molar-refractivity contribution < 1.29 is 0 Å². The third kappa shape index (κ3) is 3.41. The van der Waals surface area contributed by atoms with Gasteiger partial charge in [0.25, 0.3) is 0 Å². The summed E-state index contributed by atoms with van der Waals surface area (Å²) in [5.41, 5.74) is -2.55. The Labute approximate surface area is 94.9 Å². The maximum atomic E-state index is 6.03. The highest BCUT2D eigenvalue weighted by Crippen LogP contribution is 2.52. The molecule has 0 nitrogen and oxygen atoms in total. The van der Waals surface area contributed by atoms with Crippen molar-refractivity contribution in [3.8, 4) is 0 Å². The van der Waals surface area contributed by atoms with E-state index in [0.717, 1.165) is 6.16 Å². The van der Waals surface area contributed by atoms with Gasteiger partial charge in [-0.1, -0.05) is 37.3 Å². The van der Waals surface area contributed by atoms with E-state index >= 15 is 0 Å². The molecule has 72 valence electrons. The first-order valence-electron chi connectivity index (χ1n) is 3.95. The molecular weight excluding hydrogens is 262 g/mol. The van der Waals surface area contributed by atoms with E-state index in [-0.39, 0.29) is 0 Å². The van der Waals surface area contributed by atoms with Crippen LogP contribution in [-0.4, -0.2) is 11.8 Å². The molecule has 0 fully saturated rings. The average Bonchev–Trinajstić information content (AvgIpc) is 2.05. The quantitative estimate of drug-likeness (QED) is 0.443. The fraction of sp³-hybridized carbons (Fsp3) is 0.250. The van der Waals surface area contributed by atoms with E-state index in [1.54, 1.807) is 0 Å². The van der Waals surface area contributed by atoms with Gasteiger partial charge in [0.05, 0.1) is 0 Å². The van der Waals surface area contributed by atoms with Gasteiger partial charge in [-0.25, -0.2) is 0 Å². The fourth-order valence-electron chi connectivity index (χ4n) is 1.12. The zero-order valence-electron chi connectivity index (χ0n) is 7.17. The number of hydrogen-bond acceptors (Lipinski definition) is 0. The third-order valence-corrected chi connectivity index (χ3v) is 12.9. The number of halogens is 3. The Morgan fingerprint density at radius 1 is 1.15 bits per heavy atom. The SMILES string of the molecule is CCP(c1ccccc1)[Si](Cl)(Cl)Cl. The first-order chi connectivity index (χ1) is 6.05. The van der Waals surface area contributed by atoms with E-state index in [1.807, 2.05) is 30.3 Å². The summed E-state index contributed by atoms with van der Waals surface area (Å²) in [7, 11) is -0.559. The van der Waals surface area contributed by atoms with Crippen molar-refractivity contribution in [1.29, 1.82) is 0 Å². The van der Waals surface area contributed by atoms with Crippen molar-refractivity contribution in [1.82, 2.24) is 0 Å². The lowest BCUT2D eigenvalue weighted by Crippen LogP contribution is -2.17. The Kier molecular flexibility index (Phi) is 4.54. The molecule has 0 aliphatic heterocycles. The number of hydrogen-bond donors (Lipinski definition) is 0. The third-order valence-electron chi connectivity index (χ3n) is 1.69. The molecule has 0 saturated carbocycles. The molecule has 0 aliphatic rings. The van der Waals surface area contributed by atoms with E-state index in [1.165, 1.54) is 5.30 Å². The van der Waals surface area contributed by atoms with Crippen molar-refractivity contribution in [2.45, 2.75) is 6.92 Å². The summed E-state index contributed by atoms with van der Waals surface area (Å²) in [4.78, 5) is 0. The van der Waals surface area contributed by atoms with Gasteiger partial charge in [-0.2, -0.15) is 0 Å². The molecule has 0 N–H and O–H groups in total. The van der Waals surface area contributed by atoms with Gasteiger partial charge < -0.3 is 0 Å². The van der Waals surface area contributed by atoms with E-state index < -0.39 is 13.1 Å². The van der Waals surface area contributed by atoms with Gasteiger partial charge in [-0.15, -0.1) is 33.2 Å². The standard InChI is InChI=1S/C8H10Cl3PSi/c1-2-12(13(9,10)11)8-6-4-3-5-7-8/h3-7H,2H2,1H3. The van der Waals surface area contributed by atoms with Crippen molar-refractivity contribution >= 4 is 51.7 Å². The van der Waals surface area contributed by atoms with E-state index in [9.17, 15) is 0 Å². The molecule has 0 bridgehead atoms. The second kappa shape index (κ2) is 5.00. The van der Waals surface area contributed by atoms with Crippen molar-refractivity contribution in [2.24, 2.45) is 0 Å². The van der Waals surface area contributed by atoms with Crippen molar-refractivity contribution in [3.63, 3.8) is 0 Å². The van der Waals surface area contributed by atoms with Crippen LogP contribution in [0.25, 0.3) is 0 Å². The smallest absolute Gasteiger partial charge is 0.121 e. The number of rotatable bonds is 3. The second-order valence-electron chi connectivity index (χ2n) is 2.55. The van der Waals surface area contributed by atoms with Crippen LogP contribution in [0.5, 0.6) is 0 Å². The highest BCUT2D eigenvalue weighted by atomic mass is 35.9. The van der Waals surface area contributed by atoms with Crippen LogP contribution in [0.15, 0.2) is 30.3 Å². The van der Waals surface area contributed by atoms with Crippen LogP contribution in [0.4, 0.5) is 0 Å². The zero-order chi connectivity index (χ0) is 9.90. The van der Waals surface area contributed by atoms with Gasteiger partial charge in [-0.3, -0.25) is 0 Å². The lowest BCUT2D eigenvalue weighted by Gasteiger charge is -2.21. The minimum atomic E-state index is -2.55. The Balaban J connectivity index is 2.92. The van der Waals surface area contributed by atoms with E-state index in [2.05, 4.69) is 6.92 Å². The van der Waals surface area contributed by atoms with Crippen LogP contribution < -0.4 is 5.30 Å². The summed E-state index contributed by atoms with van der Waals surface area (Å²) in [6.45, 7) is 2.08. The summed E-state index contributed by atoms with van der Waals surface area (Å²) >= 11 is 18.1. The minimum Gasteiger partial charge on any atom is -0.121 e. The Bertz CT molecular complexity index is 260. The maximum absolute atomic E-state index is 6.03. The molecule has 0 aromatic heterocycles. The van der Waals surface area contributed by atoms with Gasteiger partial charge in [0.1, 0.15) is 0 Å². The lowest BCUT2D eigenvalue weighted by molar-refractivity contribution is 1.52. The molecule has 1 aromatic rings. The van der Waals surface area contributed by atoms with Crippen molar-refractivity contribution in [2.75, 3.05) is 6.16 Å². The van der Waals surface area contributed by atoms with Crippen LogP contribution in [0.2, 0.25) is 0 Å². The molecule has 13 heavy (non-hydrogen) atoms. The molecule has 1 aromatic carbocycles. The minimum absolute atomic E-state index is 0.559. The Morgan fingerprint density at radius 3 is 2.08 bits per heavy atom. The van der Waals surface area contributed by atoms with E-state index in [4.69, 9.17) is 33.2 Å². The lowest BCUT2D eigenvalue weighted by atomic mass is 10.4. The average molecular weight is 272 g/mol. The second-order valence-corrected chi connectivity index (χ2v) is 18.3. The molecule has 1 rings (SSSR count). The molecule has 0 heterocycles. The van der Waals surface area contributed by atoms with Gasteiger partial charge >= 0.3 is 5.67 Å². The van der Waals surface area contributed by atoms with Crippen LogP contribution in [0.3, 0.4) is 0 Å². The van der Waals surface area contributed by atoms with Gasteiger partial charge in [0.15, 0.2) is 0 Å². The first kappa shape index (κ1) is 11.8. The Morgan fingerprint density at radius 2 is 1.69 bits per heavy atom. The summed E-state index contributed by atoms with van der Waals surface area (Å²) in [5, 5.41) is 1.20. The molecule has 0 spiro atoms. The predicted molar refractivity (Wildman–Crippen MR) is 66.9 cm³/mol. The highest BCUT2D eigenvalue weighted by molar-refractivity contribution is 8.21. The fourth-order valence-corrected chi connectivity index (χ4v) is 10.9. The molecule has 1 atom stereocenters. The molecular formula is C8H10Cl3PSi. The first-order valence-corrected chi connectivity index (χ1v) is 11.4. The normalized spacial score (nSPS) is 14.2.